The Morgan fingerprint density at radius 3 is 2.71 bits per heavy atom. The Morgan fingerprint density at radius 2 is 2.00 bits per heavy atom. The minimum Gasteiger partial charge on any atom is -0.492 e. The Balaban J connectivity index is 1.68. The van der Waals surface area contributed by atoms with Crippen molar-refractivity contribution in [3.63, 3.8) is 0 Å². The van der Waals surface area contributed by atoms with Crippen LogP contribution in [0.15, 0.2) is 24.3 Å². The average molecular weight is 393 g/mol. The molecule has 1 aliphatic heterocycles. The van der Waals surface area contributed by atoms with E-state index in [1.54, 1.807) is 0 Å². The lowest BCUT2D eigenvalue weighted by atomic mass is 10.1. The van der Waals surface area contributed by atoms with Crippen LogP contribution in [0, 0.1) is 5.92 Å². The van der Waals surface area contributed by atoms with Crippen molar-refractivity contribution in [2.45, 2.75) is 26.4 Å². The number of nitrogens with two attached hydrogens (primary N) is 1. The summed E-state index contributed by atoms with van der Waals surface area (Å²) in [7, 11) is 0. The van der Waals surface area contributed by atoms with Crippen molar-refractivity contribution in [3.8, 4) is 5.75 Å². The molecule has 0 spiro atoms. The fourth-order valence-corrected chi connectivity index (χ4v) is 2.71. The minimum absolute atomic E-state index is 0.0223. The van der Waals surface area contributed by atoms with Crippen LogP contribution in [0.1, 0.15) is 19.4 Å². The molecular weight excluding hydrogens is 360 g/mol. The number of benzene rings is 1. The van der Waals surface area contributed by atoms with Crippen LogP contribution >= 0.6 is 0 Å². The van der Waals surface area contributed by atoms with Crippen LogP contribution in [0.25, 0.3) is 0 Å². The molecule has 0 aromatic heterocycles. The number of morpholine rings is 1. The SMILES string of the molecule is CC(C)[C@H](N)C(=O)NCC(=O)NCc1cccc(OCCN2CCOCC2)c1. The molecule has 1 fully saturated rings. The maximum Gasteiger partial charge on any atom is 0.239 e. The summed E-state index contributed by atoms with van der Waals surface area (Å²) in [5, 5.41) is 5.34. The van der Waals surface area contributed by atoms with Gasteiger partial charge >= 0.3 is 0 Å². The van der Waals surface area contributed by atoms with Gasteiger partial charge in [0.2, 0.25) is 11.8 Å². The van der Waals surface area contributed by atoms with Crippen LogP contribution in [-0.2, 0) is 20.9 Å². The predicted octanol–water partition coefficient (Wildman–Crippen LogP) is 0.113. The third kappa shape index (κ3) is 7.84. The van der Waals surface area contributed by atoms with Gasteiger partial charge in [-0.15, -0.1) is 0 Å². The monoisotopic (exact) mass is 392 g/mol. The van der Waals surface area contributed by atoms with Crippen molar-refractivity contribution >= 4 is 11.8 Å². The zero-order valence-electron chi connectivity index (χ0n) is 16.8. The number of amides is 2. The zero-order chi connectivity index (χ0) is 20.4. The van der Waals surface area contributed by atoms with Gasteiger partial charge in [0.25, 0.3) is 0 Å². The summed E-state index contributed by atoms with van der Waals surface area (Å²) in [4.78, 5) is 26.0. The molecular formula is C20H32N4O4. The molecule has 2 amide bonds. The molecule has 1 aromatic rings. The lowest BCUT2D eigenvalue weighted by Crippen LogP contribution is -2.47. The van der Waals surface area contributed by atoms with E-state index >= 15 is 0 Å². The highest BCUT2D eigenvalue weighted by molar-refractivity contribution is 5.87. The van der Waals surface area contributed by atoms with Gasteiger partial charge in [-0.05, 0) is 23.6 Å². The molecule has 0 bridgehead atoms. The number of nitrogens with zero attached hydrogens (tertiary/aromatic N) is 1. The Hall–Kier alpha value is -2.16. The van der Waals surface area contributed by atoms with Gasteiger partial charge in [0.1, 0.15) is 12.4 Å². The molecule has 1 saturated heterocycles. The number of carbonyl (C=O) groups is 2. The van der Waals surface area contributed by atoms with Crippen molar-refractivity contribution in [1.29, 1.82) is 0 Å². The van der Waals surface area contributed by atoms with E-state index in [0.29, 0.717) is 13.2 Å². The summed E-state index contributed by atoms with van der Waals surface area (Å²) in [5.74, 6) is 0.217. The number of carbonyl (C=O) groups excluding carboxylic acids is 2. The fourth-order valence-electron chi connectivity index (χ4n) is 2.71. The lowest BCUT2D eigenvalue weighted by Gasteiger charge is -2.26. The maximum atomic E-state index is 11.9. The second kappa shape index (κ2) is 11.6. The second-order valence-corrected chi connectivity index (χ2v) is 7.21. The standard InChI is InChI=1S/C20H32N4O4/c1-15(2)19(21)20(26)23-14-18(25)22-13-16-4-3-5-17(12-16)28-11-8-24-6-9-27-10-7-24/h3-5,12,15,19H,6-11,13-14,21H2,1-2H3,(H,22,25)(H,23,26)/t19-/m0/s1. The first-order valence-corrected chi connectivity index (χ1v) is 9.77. The van der Waals surface area contributed by atoms with Gasteiger partial charge in [0.05, 0.1) is 25.8 Å². The molecule has 0 saturated carbocycles. The van der Waals surface area contributed by atoms with Crippen LogP contribution in [-0.4, -0.2) is 68.8 Å². The molecule has 1 atom stereocenters. The highest BCUT2D eigenvalue weighted by Crippen LogP contribution is 2.13. The van der Waals surface area contributed by atoms with E-state index in [0.717, 1.165) is 44.2 Å². The predicted molar refractivity (Wildman–Crippen MR) is 107 cm³/mol. The Morgan fingerprint density at radius 1 is 1.25 bits per heavy atom. The van der Waals surface area contributed by atoms with Crippen molar-refractivity contribution in [1.82, 2.24) is 15.5 Å². The molecule has 156 valence electrons. The summed E-state index contributed by atoms with van der Waals surface area (Å²) in [5.41, 5.74) is 6.68. The molecule has 8 heteroatoms. The van der Waals surface area contributed by atoms with Gasteiger partial charge in [-0.2, -0.15) is 0 Å². The van der Waals surface area contributed by atoms with Gasteiger partial charge in [0.15, 0.2) is 0 Å². The highest BCUT2D eigenvalue weighted by Gasteiger charge is 2.17. The van der Waals surface area contributed by atoms with Crippen molar-refractivity contribution in [3.05, 3.63) is 29.8 Å². The molecule has 0 aliphatic carbocycles. The van der Waals surface area contributed by atoms with Crippen molar-refractivity contribution in [2.75, 3.05) is 46.0 Å². The van der Waals surface area contributed by atoms with Gasteiger partial charge in [0, 0.05) is 26.2 Å². The molecule has 8 nitrogen and oxygen atoms in total. The number of hydrogen-bond acceptors (Lipinski definition) is 6. The summed E-state index contributed by atoms with van der Waals surface area (Å²) in [6.45, 7) is 8.90. The number of rotatable bonds is 10. The minimum atomic E-state index is -0.612. The van der Waals surface area contributed by atoms with E-state index in [-0.39, 0.29) is 24.3 Å². The summed E-state index contributed by atoms with van der Waals surface area (Å²) >= 11 is 0. The van der Waals surface area contributed by atoms with Crippen LogP contribution in [0.5, 0.6) is 5.75 Å². The van der Waals surface area contributed by atoms with E-state index in [9.17, 15) is 9.59 Å². The smallest absolute Gasteiger partial charge is 0.239 e. The summed E-state index contributed by atoms with van der Waals surface area (Å²) in [6, 6.07) is 7.02. The zero-order valence-corrected chi connectivity index (χ0v) is 16.8. The summed E-state index contributed by atoms with van der Waals surface area (Å²) in [6.07, 6.45) is 0. The number of ether oxygens (including phenoxy) is 2. The number of hydrogen-bond donors (Lipinski definition) is 3. The van der Waals surface area contributed by atoms with E-state index in [4.69, 9.17) is 15.2 Å². The quantitative estimate of drug-likeness (QED) is 0.522. The van der Waals surface area contributed by atoms with Crippen LogP contribution in [0.4, 0.5) is 0 Å². The molecule has 28 heavy (non-hydrogen) atoms. The largest absolute Gasteiger partial charge is 0.492 e. The topological polar surface area (TPSA) is 106 Å². The van der Waals surface area contributed by atoms with Crippen LogP contribution in [0.2, 0.25) is 0 Å². The van der Waals surface area contributed by atoms with Gasteiger partial charge < -0.3 is 25.8 Å². The Bertz CT molecular complexity index is 632. The van der Waals surface area contributed by atoms with E-state index in [2.05, 4.69) is 15.5 Å². The van der Waals surface area contributed by atoms with E-state index in [1.165, 1.54) is 0 Å². The highest BCUT2D eigenvalue weighted by atomic mass is 16.5. The van der Waals surface area contributed by atoms with E-state index in [1.807, 2.05) is 38.1 Å². The molecule has 0 radical (unpaired) electrons. The second-order valence-electron chi connectivity index (χ2n) is 7.21. The van der Waals surface area contributed by atoms with Crippen molar-refractivity contribution in [2.24, 2.45) is 11.7 Å². The fraction of sp³-hybridized carbons (Fsp3) is 0.600. The first-order valence-electron chi connectivity index (χ1n) is 9.77. The first-order chi connectivity index (χ1) is 13.5. The molecule has 4 N–H and O–H groups in total. The molecule has 1 aromatic carbocycles. The first kappa shape index (κ1) is 22.1. The number of nitrogens with one attached hydrogen (secondary N) is 2. The Labute approximate surface area is 166 Å². The third-order valence-electron chi connectivity index (χ3n) is 4.61. The van der Waals surface area contributed by atoms with Crippen LogP contribution < -0.4 is 21.1 Å². The van der Waals surface area contributed by atoms with Crippen molar-refractivity contribution < 1.29 is 19.1 Å². The molecule has 1 aliphatic rings. The van der Waals surface area contributed by atoms with Crippen LogP contribution in [0.3, 0.4) is 0 Å². The summed E-state index contributed by atoms with van der Waals surface area (Å²) < 4.78 is 11.2. The van der Waals surface area contributed by atoms with E-state index < -0.39 is 6.04 Å². The maximum absolute atomic E-state index is 11.9. The van der Waals surface area contributed by atoms with Gasteiger partial charge in [-0.3, -0.25) is 14.5 Å². The average Bonchev–Trinajstić information content (AvgIpc) is 2.71. The molecule has 1 heterocycles. The lowest BCUT2D eigenvalue weighted by molar-refractivity contribution is -0.127. The van der Waals surface area contributed by atoms with Gasteiger partial charge in [-0.1, -0.05) is 26.0 Å². The Kier molecular flexibility index (Phi) is 9.19. The molecule has 2 rings (SSSR count). The van der Waals surface area contributed by atoms with Gasteiger partial charge in [-0.25, -0.2) is 0 Å². The third-order valence-corrected chi connectivity index (χ3v) is 4.61. The normalized spacial score (nSPS) is 15.9. The molecule has 0 unspecified atom stereocenters.